The maximum atomic E-state index is 13.4. The van der Waals surface area contributed by atoms with Crippen LogP contribution in [0.2, 0.25) is 0 Å². The number of carbonyl (C=O) groups is 4. The lowest BCUT2D eigenvalue weighted by Crippen LogP contribution is -2.73. The molecule has 0 aromatic carbocycles. The van der Waals surface area contributed by atoms with Crippen molar-refractivity contribution in [2.24, 2.45) is 17.3 Å². The highest BCUT2D eigenvalue weighted by atomic mass is 16.3. The Bertz CT molecular complexity index is 855. The molecule has 0 aromatic rings. The molecule has 1 aliphatic heterocycles. The molecule has 4 unspecified atom stereocenters. The smallest absolute Gasteiger partial charge is 0.226 e. The van der Waals surface area contributed by atoms with Crippen molar-refractivity contribution in [1.29, 1.82) is 0 Å². The molecule has 4 saturated carbocycles. The van der Waals surface area contributed by atoms with Crippen LogP contribution in [0.1, 0.15) is 98.8 Å². The number of hydrogen-bond donors (Lipinski definition) is 2. The predicted octanol–water partition coefficient (Wildman–Crippen LogP) is 2.92. The third kappa shape index (κ3) is 3.84. The van der Waals surface area contributed by atoms with Gasteiger partial charge in [-0.15, -0.1) is 0 Å². The Labute approximate surface area is 197 Å². The molecule has 2 amide bonds. The SMILES string of the molecule is CC(=O)N1C(C)C(=O)C12CCC(CC(C)C(=O)C(C)(C)NC(=O)C13CCC(O)(CC1)CC3)C2. The normalized spacial score (nSPS) is 38.8. The van der Waals surface area contributed by atoms with E-state index in [1.165, 1.54) is 6.92 Å². The summed E-state index contributed by atoms with van der Waals surface area (Å²) in [5.41, 5.74) is -2.69. The van der Waals surface area contributed by atoms with Crippen molar-refractivity contribution >= 4 is 23.4 Å². The second-order valence-electron chi connectivity index (χ2n) is 12.2. The van der Waals surface area contributed by atoms with Crippen LogP contribution in [0, 0.1) is 17.3 Å². The summed E-state index contributed by atoms with van der Waals surface area (Å²) >= 11 is 0. The van der Waals surface area contributed by atoms with Gasteiger partial charge in [-0.05, 0) is 90.9 Å². The molecule has 7 heteroatoms. The third-order valence-corrected chi connectivity index (χ3v) is 9.48. The van der Waals surface area contributed by atoms with E-state index in [0.29, 0.717) is 57.8 Å². The van der Waals surface area contributed by atoms with Crippen LogP contribution in [-0.4, -0.2) is 56.1 Å². The molecule has 1 spiro atoms. The molecule has 2 N–H and O–H groups in total. The number of rotatable bonds is 6. The average molecular weight is 461 g/mol. The van der Waals surface area contributed by atoms with Gasteiger partial charge in [-0.25, -0.2) is 0 Å². The molecule has 5 aliphatic rings. The van der Waals surface area contributed by atoms with E-state index in [0.717, 1.165) is 6.42 Å². The molecule has 7 nitrogen and oxygen atoms in total. The van der Waals surface area contributed by atoms with Crippen LogP contribution in [0.5, 0.6) is 0 Å². The zero-order chi connectivity index (χ0) is 24.4. The summed E-state index contributed by atoms with van der Waals surface area (Å²) in [6.45, 7) is 8.79. The molecular weight excluding hydrogens is 420 g/mol. The topological polar surface area (TPSA) is 104 Å². The quantitative estimate of drug-likeness (QED) is 0.634. The number of Topliss-reactive ketones (excluding diaryl/α,β-unsaturated/α-hetero) is 2. The number of amides is 2. The van der Waals surface area contributed by atoms with Gasteiger partial charge in [0.1, 0.15) is 5.54 Å². The minimum Gasteiger partial charge on any atom is -0.390 e. The number of likely N-dealkylation sites (tertiary alicyclic amines) is 1. The predicted molar refractivity (Wildman–Crippen MR) is 123 cm³/mol. The van der Waals surface area contributed by atoms with Gasteiger partial charge in [0.05, 0.1) is 17.2 Å². The lowest BCUT2D eigenvalue weighted by Gasteiger charge is -2.53. The number of aliphatic hydroxyl groups is 1. The zero-order valence-corrected chi connectivity index (χ0v) is 20.8. The molecule has 0 radical (unpaired) electrons. The summed E-state index contributed by atoms with van der Waals surface area (Å²) in [6, 6.07) is -0.343. The Morgan fingerprint density at radius 2 is 1.70 bits per heavy atom. The standard InChI is InChI=1S/C26H40N2O5/c1-16(14-19-6-7-26(15-19)21(31)17(2)28(26)18(3)29)20(30)23(4,5)27-22(32)24-8-11-25(33,12-9-24)13-10-24/h16-17,19,33H,6-15H2,1-5H3,(H,27,32). The van der Waals surface area contributed by atoms with Crippen molar-refractivity contribution in [1.82, 2.24) is 10.2 Å². The monoisotopic (exact) mass is 460 g/mol. The van der Waals surface area contributed by atoms with Gasteiger partial charge >= 0.3 is 0 Å². The highest BCUT2D eigenvalue weighted by Crippen LogP contribution is 2.53. The molecule has 2 bridgehead atoms. The summed E-state index contributed by atoms with van der Waals surface area (Å²) in [5.74, 6) is 0.00604. The Balaban J connectivity index is 1.35. The van der Waals surface area contributed by atoms with Gasteiger partial charge in [0, 0.05) is 18.3 Å². The van der Waals surface area contributed by atoms with Gasteiger partial charge < -0.3 is 15.3 Å². The summed E-state index contributed by atoms with van der Waals surface area (Å²) in [7, 11) is 0. The van der Waals surface area contributed by atoms with E-state index >= 15 is 0 Å². The van der Waals surface area contributed by atoms with Crippen LogP contribution >= 0.6 is 0 Å². The van der Waals surface area contributed by atoms with Crippen molar-refractivity contribution in [3.8, 4) is 0 Å². The minimum absolute atomic E-state index is 0.00746. The maximum absolute atomic E-state index is 13.4. The summed E-state index contributed by atoms with van der Waals surface area (Å²) in [5, 5.41) is 13.5. The second kappa shape index (κ2) is 7.89. The van der Waals surface area contributed by atoms with Crippen molar-refractivity contribution < 1.29 is 24.3 Å². The molecule has 5 rings (SSSR count). The van der Waals surface area contributed by atoms with Gasteiger partial charge in [-0.2, -0.15) is 0 Å². The highest BCUT2D eigenvalue weighted by Gasteiger charge is 2.62. The van der Waals surface area contributed by atoms with E-state index in [1.54, 1.807) is 25.7 Å². The Morgan fingerprint density at radius 1 is 1.12 bits per heavy atom. The van der Waals surface area contributed by atoms with Crippen LogP contribution < -0.4 is 5.32 Å². The average Bonchev–Trinajstić information content (AvgIpc) is 3.18. The van der Waals surface area contributed by atoms with E-state index in [2.05, 4.69) is 5.32 Å². The molecule has 5 fully saturated rings. The Kier molecular flexibility index (Phi) is 5.83. The first-order valence-corrected chi connectivity index (χ1v) is 12.7. The first kappa shape index (κ1) is 24.4. The van der Waals surface area contributed by atoms with Gasteiger partial charge in [0.25, 0.3) is 0 Å². The first-order valence-electron chi connectivity index (χ1n) is 12.7. The number of fused-ring (bicyclic) bond motifs is 3. The van der Waals surface area contributed by atoms with Gasteiger partial charge in [-0.3, -0.25) is 19.2 Å². The van der Waals surface area contributed by atoms with E-state index in [1.807, 2.05) is 6.92 Å². The third-order valence-electron chi connectivity index (χ3n) is 9.48. The fraction of sp³-hybridized carbons (Fsp3) is 0.846. The maximum Gasteiger partial charge on any atom is 0.226 e. The van der Waals surface area contributed by atoms with E-state index in [9.17, 15) is 24.3 Å². The zero-order valence-electron chi connectivity index (χ0n) is 20.8. The molecule has 0 aromatic heterocycles. The molecular formula is C26H40N2O5. The van der Waals surface area contributed by atoms with Gasteiger partial charge in [-0.1, -0.05) is 6.92 Å². The van der Waals surface area contributed by atoms with Crippen molar-refractivity contribution in [3.63, 3.8) is 0 Å². The summed E-state index contributed by atoms with van der Waals surface area (Å²) in [6.07, 6.45) is 6.80. The van der Waals surface area contributed by atoms with Crippen molar-refractivity contribution in [2.45, 2.75) is 122 Å². The van der Waals surface area contributed by atoms with Crippen LogP contribution in [0.15, 0.2) is 0 Å². The van der Waals surface area contributed by atoms with E-state index < -0.39 is 22.1 Å². The number of nitrogens with one attached hydrogen (secondary N) is 1. The molecule has 1 saturated heterocycles. The molecule has 33 heavy (non-hydrogen) atoms. The van der Waals surface area contributed by atoms with E-state index in [4.69, 9.17) is 0 Å². The summed E-state index contributed by atoms with van der Waals surface area (Å²) in [4.78, 5) is 53.1. The molecule has 1 heterocycles. The fourth-order valence-corrected chi connectivity index (χ4v) is 7.48. The molecule has 4 atom stereocenters. The van der Waals surface area contributed by atoms with E-state index in [-0.39, 0.29) is 41.3 Å². The second-order valence-corrected chi connectivity index (χ2v) is 12.2. The van der Waals surface area contributed by atoms with Crippen molar-refractivity contribution in [3.05, 3.63) is 0 Å². The Hall–Kier alpha value is -1.76. The molecule has 184 valence electrons. The van der Waals surface area contributed by atoms with Crippen LogP contribution in [0.25, 0.3) is 0 Å². The van der Waals surface area contributed by atoms with Crippen molar-refractivity contribution in [2.75, 3.05) is 0 Å². The number of ketones is 2. The number of carbonyl (C=O) groups excluding carboxylic acids is 4. The van der Waals surface area contributed by atoms with Crippen LogP contribution in [-0.2, 0) is 19.2 Å². The fourth-order valence-electron chi connectivity index (χ4n) is 7.48. The van der Waals surface area contributed by atoms with Crippen LogP contribution in [0.4, 0.5) is 0 Å². The highest BCUT2D eigenvalue weighted by molar-refractivity contribution is 6.05. The van der Waals surface area contributed by atoms with Gasteiger partial charge in [0.2, 0.25) is 11.8 Å². The van der Waals surface area contributed by atoms with Gasteiger partial charge in [0.15, 0.2) is 11.6 Å². The first-order chi connectivity index (χ1) is 15.3. The summed E-state index contributed by atoms with van der Waals surface area (Å²) < 4.78 is 0. The minimum atomic E-state index is -0.973. The number of hydrogen-bond acceptors (Lipinski definition) is 5. The number of nitrogens with zero attached hydrogens (tertiary/aromatic N) is 1. The van der Waals surface area contributed by atoms with Crippen LogP contribution in [0.3, 0.4) is 0 Å². The Morgan fingerprint density at radius 3 is 2.24 bits per heavy atom. The lowest BCUT2D eigenvalue weighted by molar-refractivity contribution is -0.169. The molecule has 4 aliphatic carbocycles. The lowest BCUT2D eigenvalue weighted by atomic mass is 9.58. The largest absolute Gasteiger partial charge is 0.390 e.